The second-order valence-corrected chi connectivity index (χ2v) is 18.5. The number of allylic oxidation sites excluding steroid dienone is 1. The molecule has 0 aromatic heterocycles. The molecule has 0 amide bonds. The second kappa shape index (κ2) is 60.7. The molecule has 0 nitrogen and oxygen atoms in total. The van der Waals surface area contributed by atoms with E-state index in [1.54, 1.807) is 0 Å². The molecule has 372 valence electrons. The Kier molecular flexibility index (Phi) is 121. The molecule has 0 saturated heterocycles. The van der Waals surface area contributed by atoms with Gasteiger partial charge in [0.15, 0.2) is 18.8 Å². The van der Waals surface area contributed by atoms with Gasteiger partial charge in [0, 0.05) is 18.9 Å². The molecule has 0 fully saturated rings. The van der Waals surface area contributed by atoms with Crippen molar-refractivity contribution in [3.63, 3.8) is 0 Å². The SMILES string of the molecule is C.C=CCl.Cl.Cl.Cl.Cl.Cl.ClC(Cl)(Cl)Cl.ClC(Cl)CC(Cl)(Cl)Cl.ClC(Cl)CC(Cl)(Cl)Cl.F.F.F.F.F/C=C/C(F)(F)F.FC(Cl)CC(F)(F)F.FC(Cl)CC(F)(F)F. The van der Waals surface area contributed by atoms with E-state index in [-0.39, 0.29) is 101 Å². The molecule has 0 aromatic carbocycles. The van der Waals surface area contributed by atoms with Gasteiger partial charge in [-0.3, -0.25) is 18.8 Å². The smallest absolute Gasteiger partial charge is 0.269 e. The highest BCUT2D eigenvalue weighted by Crippen LogP contribution is 2.34. The highest BCUT2D eigenvalue weighted by molar-refractivity contribution is 6.83. The molecular formula is C19H30Cl22F16. The zero-order valence-electron chi connectivity index (χ0n) is 25.2. The van der Waals surface area contributed by atoms with Crippen LogP contribution in [0.15, 0.2) is 24.5 Å². The van der Waals surface area contributed by atoms with Crippen molar-refractivity contribution in [2.45, 2.75) is 83.4 Å². The van der Waals surface area contributed by atoms with Gasteiger partial charge >= 0.3 is 18.5 Å². The summed E-state index contributed by atoms with van der Waals surface area (Å²) in [6.07, 6.45) is -17.3. The molecule has 0 heterocycles. The van der Waals surface area contributed by atoms with Gasteiger partial charge in [-0.05, 0) is 5.54 Å². The molecule has 57 heavy (non-hydrogen) atoms. The molecule has 0 rings (SSSR count). The Morgan fingerprint density at radius 3 is 0.632 bits per heavy atom. The van der Waals surface area contributed by atoms with Crippen LogP contribution in [0.4, 0.5) is 71.5 Å². The van der Waals surface area contributed by atoms with Crippen LogP contribution in [0, 0.1) is 0 Å². The molecule has 38 heteroatoms. The summed E-state index contributed by atoms with van der Waals surface area (Å²) in [7, 11) is 0. The lowest BCUT2D eigenvalue weighted by molar-refractivity contribution is -0.141. The van der Waals surface area contributed by atoms with Crippen LogP contribution in [0.25, 0.3) is 0 Å². The van der Waals surface area contributed by atoms with E-state index in [9.17, 15) is 52.7 Å². The van der Waals surface area contributed by atoms with E-state index >= 15 is 0 Å². The van der Waals surface area contributed by atoms with E-state index in [1.807, 2.05) is 0 Å². The fraction of sp³-hybridized carbons (Fsp3) is 0.789. The van der Waals surface area contributed by atoms with Crippen LogP contribution < -0.4 is 0 Å². The van der Waals surface area contributed by atoms with Gasteiger partial charge in [0.25, 0.3) is 3.25 Å². The van der Waals surface area contributed by atoms with E-state index in [4.69, 9.17) is 174 Å². The van der Waals surface area contributed by atoms with Crippen molar-refractivity contribution in [2.75, 3.05) is 0 Å². The summed E-state index contributed by atoms with van der Waals surface area (Å²) in [4.78, 5) is -1.22. The van der Waals surface area contributed by atoms with Crippen molar-refractivity contribution in [1.82, 2.24) is 0 Å². The highest BCUT2D eigenvalue weighted by Gasteiger charge is 2.31. The van der Waals surface area contributed by atoms with E-state index < -0.39 is 75.5 Å². The lowest BCUT2D eigenvalue weighted by Gasteiger charge is -2.09. The number of hydrogen-bond acceptors (Lipinski definition) is 0. The molecule has 0 aliphatic carbocycles. The molecule has 0 aromatic rings. The Morgan fingerprint density at radius 2 is 0.632 bits per heavy atom. The number of rotatable bonds is 4. The summed E-state index contributed by atoms with van der Waals surface area (Å²) < 4.78 is 127. The van der Waals surface area contributed by atoms with Gasteiger partial charge in [0.2, 0.25) is 0 Å². The van der Waals surface area contributed by atoms with Gasteiger partial charge in [0.05, 0.1) is 19.2 Å². The predicted molar refractivity (Wildman–Crippen MR) is 235 cm³/mol. The quantitative estimate of drug-likeness (QED) is 0.194. The maximum absolute atomic E-state index is 11.2. The monoisotopic (exact) mass is 1330 g/mol. The molecular weight excluding hydrogens is 1310 g/mol. The Labute approximate surface area is 434 Å². The van der Waals surface area contributed by atoms with Gasteiger partial charge in [-0.25, -0.2) is 13.2 Å². The predicted octanol–water partition coefficient (Wildman–Crippen LogP) is 21.4. The third-order valence-electron chi connectivity index (χ3n) is 1.80. The Bertz CT molecular complexity index is 641. The van der Waals surface area contributed by atoms with Crippen molar-refractivity contribution in [2.24, 2.45) is 0 Å². The molecule has 0 N–H and O–H groups in total. The Hall–Kier alpha value is 4.74. The zero-order chi connectivity index (χ0) is 40.3. The maximum Gasteiger partial charge on any atom is 0.411 e. The first kappa shape index (κ1) is 114. The van der Waals surface area contributed by atoms with Crippen molar-refractivity contribution in [3.8, 4) is 0 Å². The standard InChI is InChI=1S/2C3H3Cl5.2C3H3ClF4.C3H2F4.C2H3Cl.CCl4.CH4.5ClH.4FH/c4*4-2(5)1-3(6,7)8;4-2-1-3(5,6)7;1-2-3;2-1(3,4)5;;;;;;;;;;/h4*2H,1H2;1-2H;2H,1H2;;1H4;9*1H/b;;;;2-1+;;;;;;;;;;;;. The first-order chi connectivity index (χ1) is 20.1. The molecule has 2 unspecified atom stereocenters. The lowest BCUT2D eigenvalue weighted by atomic mass is 10.5. The average molecular weight is 1340 g/mol. The van der Waals surface area contributed by atoms with Crippen LogP contribution in [-0.2, 0) is 0 Å². The lowest BCUT2D eigenvalue weighted by Crippen LogP contribution is -2.11. The maximum atomic E-state index is 11.2. The summed E-state index contributed by atoms with van der Waals surface area (Å²) in [5.74, 6) is 0. The largest absolute Gasteiger partial charge is 0.411 e. The number of hydrogen-bond donors (Lipinski definition) is 0. The third kappa shape index (κ3) is 254. The van der Waals surface area contributed by atoms with Crippen molar-refractivity contribution in [1.29, 1.82) is 0 Å². The first-order valence-corrected chi connectivity index (χ1v) is 16.7. The number of halogens is 38. The summed E-state index contributed by atoms with van der Waals surface area (Å²) in [5, 5.41) is 0. The Morgan fingerprint density at radius 1 is 0.474 bits per heavy atom. The average Bonchev–Trinajstić information content (AvgIpc) is 2.59. The molecule has 0 aliphatic heterocycles. The molecule has 2 atom stereocenters. The summed E-state index contributed by atoms with van der Waals surface area (Å²) >= 11 is 85.7. The minimum atomic E-state index is -4.51. The fourth-order valence-electron chi connectivity index (χ4n) is 0.771. The first-order valence-electron chi connectivity index (χ1n) is 9.85. The normalized spacial score (nSPS) is 11.0. The molecule has 0 aliphatic rings. The van der Waals surface area contributed by atoms with Gasteiger partial charge < -0.3 is 0 Å². The van der Waals surface area contributed by atoms with Gasteiger partial charge in [-0.15, -0.1) is 108 Å². The van der Waals surface area contributed by atoms with Crippen molar-refractivity contribution >= 4 is 259 Å². The fourth-order valence-corrected chi connectivity index (χ4v) is 3.92. The van der Waals surface area contributed by atoms with Crippen LogP contribution in [0.1, 0.15) is 33.1 Å². The molecule has 0 spiro atoms. The zero-order valence-corrected chi connectivity index (χ0v) is 42.1. The second-order valence-electron chi connectivity index (χ2n) is 6.26. The third-order valence-corrected chi connectivity index (χ3v) is 3.65. The van der Waals surface area contributed by atoms with Gasteiger partial charge in [0.1, 0.15) is 9.67 Å². The van der Waals surface area contributed by atoms with E-state index in [0.29, 0.717) is 0 Å². The molecule has 0 saturated carbocycles. The summed E-state index contributed by atoms with van der Waals surface area (Å²) in [5.41, 5.74) is -3.40. The van der Waals surface area contributed by atoms with E-state index in [0.717, 1.165) is 0 Å². The van der Waals surface area contributed by atoms with Gasteiger partial charge in [-0.2, -0.15) is 39.5 Å². The number of alkyl halides is 27. The minimum Gasteiger partial charge on any atom is -0.269 e. The topological polar surface area (TPSA) is 0 Å². The molecule has 0 radical (unpaired) electrons. The van der Waals surface area contributed by atoms with Crippen molar-refractivity contribution < 1.29 is 71.5 Å². The van der Waals surface area contributed by atoms with Crippen LogP contribution >= 0.6 is 259 Å². The van der Waals surface area contributed by atoms with Crippen LogP contribution in [0.2, 0.25) is 0 Å². The molecule has 0 bridgehead atoms. The van der Waals surface area contributed by atoms with Gasteiger partial charge in [-0.1, -0.05) is 165 Å². The Balaban J connectivity index is -0.0000000215. The van der Waals surface area contributed by atoms with Crippen LogP contribution in [-0.4, -0.2) is 50.3 Å². The van der Waals surface area contributed by atoms with E-state index in [1.165, 1.54) is 5.54 Å². The minimum absolute atomic E-state index is 0. The summed E-state index contributed by atoms with van der Waals surface area (Å²) in [6.45, 7) is 3.13. The van der Waals surface area contributed by atoms with Crippen LogP contribution in [0.5, 0.6) is 0 Å². The highest BCUT2D eigenvalue weighted by atomic mass is 35.6. The summed E-state index contributed by atoms with van der Waals surface area (Å²) in [6, 6.07) is 0. The van der Waals surface area contributed by atoms with Crippen LogP contribution in [0.3, 0.4) is 0 Å². The van der Waals surface area contributed by atoms with Crippen molar-refractivity contribution in [3.05, 3.63) is 24.5 Å². The van der Waals surface area contributed by atoms with E-state index in [2.05, 4.69) is 29.8 Å².